The molecule has 0 aromatic rings. The first-order valence-corrected chi connectivity index (χ1v) is 2.00. The molecule has 0 fully saturated rings. The summed E-state index contributed by atoms with van der Waals surface area (Å²) in [5, 5.41) is 0. The van der Waals surface area contributed by atoms with Crippen LogP contribution in [0.5, 0.6) is 0 Å². The van der Waals surface area contributed by atoms with Gasteiger partial charge in [-0.15, -0.1) is 0 Å². The molecule has 0 rings (SSSR count). The molecule has 0 aromatic carbocycles. The predicted molar refractivity (Wildman–Crippen MR) is 16.2 cm³/mol. The molecule has 2 radical (unpaired) electrons. The van der Waals surface area contributed by atoms with Crippen molar-refractivity contribution in [2.45, 2.75) is 0 Å². The first kappa shape index (κ1) is 15.7. The van der Waals surface area contributed by atoms with Crippen molar-refractivity contribution in [1.29, 1.82) is 0 Å². The van der Waals surface area contributed by atoms with Gasteiger partial charge in [0.15, 0.2) is 0 Å². The van der Waals surface area contributed by atoms with Crippen LogP contribution in [0.4, 0.5) is 0 Å². The molecule has 0 unspecified atom stereocenters. The van der Waals surface area contributed by atoms with Gasteiger partial charge in [-0.3, -0.25) is 8.42 Å². The van der Waals surface area contributed by atoms with E-state index in [1.54, 1.807) is 0 Å². The molecule has 0 saturated carbocycles. The van der Waals surface area contributed by atoms with Crippen molar-refractivity contribution in [2.24, 2.45) is 0 Å². The van der Waals surface area contributed by atoms with Crippen molar-refractivity contribution < 1.29 is 34.6 Å². The van der Waals surface area contributed by atoms with Gasteiger partial charge in [0.05, 0.1) is 0 Å². The quantitative estimate of drug-likeness (QED) is 0.284. The molecule has 0 amide bonds. The Labute approximate surface area is 63.0 Å². The maximum Gasteiger partial charge on any atom is 3.00 e. The Morgan fingerprint density at radius 2 is 1.14 bits per heavy atom. The number of hydrogen-bond acceptors (Lipinski definition) is 4. The average Bonchev–Trinajstić information content (AvgIpc) is 0.722. The standard InChI is InChI=1S/As.Cu.H2O4S/c;;1-5(2,3)4/h;;(H2,1,2,3,4)/q+3;+1;/p-2. The topological polar surface area (TPSA) is 80.3 Å². The smallest absolute Gasteiger partial charge is 0.759 e. The van der Waals surface area contributed by atoms with Crippen LogP contribution in [0.15, 0.2) is 0 Å². The van der Waals surface area contributed by atoms with Gasteiger partial charge < -0.3 is 9.11 Å². The summed E-state index contributed by atoms with van der Waals surface area (Å²) < 4.78 is 34.1. The van der Waals surface area contributed by atoms with Gasteiger partial charge in [-0.2, -0.15) is 0 Å². The van der Waals surface area contributed by atoms with E-state index in [9.17, 15) is 0 Å². The second kappa shape index (κ2) is 5.09. The third-order valence-corrected chi connectivity index (χ3v) is 0. The zero-order valence-corrected chi connectivity index (χ0v) is 6.42. The van der Waals surface area contributed by atoms with Crippen molar-refractivity contribution in [3.63, 3.8) is 0 Å². The van der Waals surface area contributed by atoms with Crippen LogP contribution in [-0.2, 0) is 27.5 Å². The minimum Gasteiger partial charge on any atom is -0.759 e. The zero-order chi connectivity index (χ0) is 4.50. The maximum atomic E-state index is 8.52. The largest absolute Gasteiger partial charge is 3.00 e. The summed E-state index contributed by atoms with van der Waals surface area (Å²) in [6.07, 6.45) is 0. The molecule has 0 N–H and O–H groups in total. The molecule has 0 aromatic heterocycles. The van der Waals surface area contributed by atoms with E-state index < -0.39 is 10.4 Å². The van der Waals surface area contributed by atoms with Crippen LogP contribution in [0.3, 0.4) is 0 Å². The Hall–Kier alpha value is 0.948. The summed E-state index contributed by atoms with van der Waals surface area (Å²) in [5.74, 6) is 0. The predicted octanol–water partition coefficient (Wildman–Crippen LogP) is -1.72. The van der Waals surface area contributed by atoms with Crippen molar-refractivity contribution in [3.05, 3.63) is 0 Å². The second-order valence-corrected chi connectivity index (χ2v) is 1.22. The van der Waals surface area contributed by atoms with Crippen LogP contribution in [0.2, 0.25) is 0 Å². The van der Waals surface area contributed by atoms with Crippen LogP contribution in [0.1, 0.15) is 0 Å². The molecule has 7 heteroatoms. The minimum atomic E-state index is -5.17. The second-order valence-electron chi connectivity index (χ2n) is 0.408. The van der Waals surface area contributed by atoms with Crippen LogP contribution < -0.4 is 0 Å². The minimum absolute atomic E-state index is 0. The fraction of sp³-hybridized carbons (Fsp3) is 0. The first-order valence-electron chi connectivity index (χ1n) is 0.667. The molecule has 0 spiro atoms. The van der Waals surface area contributed by atoms with Crippen molar-refractivity contribution in [3.8, 4) is 0 Å². The van der Waals surface area contributed by atoms with Crippen LogP contribution >= 0.6 is 0 Å². The van der Waals surface area contributed by atoms with E-state index in [0.717, 1.165) is 0 Å². The van der Waals surface area contributed by atoms with Crippen LogP contribution in [-0.4, -0.2) is 35.5 Å². The van der Waals surface area contributed by atoms with E-state index in [4.69, 9.17) is 17.5 Å². The van der Waals surface area contributed by atoms with Crippen molar-refractivity contribution >= 4 is 28.4 Å². The van der Waals surface area contributed by atoms with Gasteiger partial charge in [-0.1, -0.05) is 0 Å². The molecule has 44 valence electrons. The van der Waals surface area contributed by atoms with Gasteiger partial charge in [0.1, 0.15) is 0 Å². The van der Waals surface area contributed by atoms with Crippen molar-refractivity contribution in [1.82, 2.24) is 0 Å². The van der Waals surface area contributed by atoms with Crippen molar-refractivity contribution in [2.75, 3.05) is 0 Å². The van der Waals surface area contributed by atoms with Gasteiger partial charge in [-0.05, 0) is 0 Å². The summed E-state index contributed by atoms with van der Waals surface area (Å²) in [6.45, 7) is 0. The summed E-state index contributed by atoms with van der Waals surface area (Å²) in [7, 11) is -5.17. The van der Waals surface area contributed by atoms with Gasteiger partial charge in [0.25, 0.3) is 0 Å². The fourth-order valence-electron chi connectivity index (χ4n) is 0. The first-order chi connectivity index (χ1) is 2.00. The Morgan fingerprint density at radius 3 is 1.14 bits per heavy atom. The molecule has 0 atom stereocenters. The van der Waals surface area contributed by atoms with E-state index in [-0.39, 0.29) is 35.0 Å². The van der Waals surface area contributed by atoms with Gasteiger partial charge in [0.2, 0.25) is 0 Å². The third-order valence-electron chi connectivity index (χ3n) is 0. The summed E-state index contributed by atoms with van der Waals surface area (Å²) in [5.41, 5.74) is 0. The molecule has 0 aliphatic heterocycles. The van der Waals surface area contributed by atoms with Crippen LogP contribution in [0.25, 0.3) is 0 Å². The van der Waals surface area contributed by atoms with E-state index in [0.29, 0.717) is 0 Å². The Morgan fingerprint density at radius 1 is 1.14 bits per heavy atom. The number of rotatable bonds is 0. The van der Waals surface area contributed by atoms with E-state index in [1.807, 2.05) is 0 Å². The molecular formula is AsCuO4S+2. The molecular weight excluding hydrogens is 235 g/mol. The Kier molecular flexibility index (Phi) is 11.4. The van der Waals surface area contributed by atoms with E-state index in [1.165, 1.54) is 0 Å². The average molecular weight is 235 g/mol. The molecule has 4 nitrogen and oxygen atoms in total. The Bertz CT molecular complexity index is 94.9. The van der Waals surface area contributed by atoms with E-state index in [2.05, 4.69) is 0 Å². The van der Waals surface area contributed by atoms with Gasteiger partial charge in [-0.25, -0.2) is 0 Å². The van der Waals surface area contributed by atoms with Gasteiger partial charge >= 0.3 is 35.0 Å². The van der Waals surface area contributed by atoms with Crippen LogP contribution in [0, 0.1) is 0 Å². The summed E-state index contributed by atoms with van der Waals surface area (Å²) >= 11 is 0. The molecule has 0 heterocycles. The monoisotopic (exact) mass is 234 g/mol. The number of hydrogen-bond donors (Lipinski definition) is 0. The molecule has 0 aliphatic rings. The normalized spacial score (nSPS) is 8.29. The summed E-state index contributed by atoms with van der Waals surface area (Å²) in [6, 6.07) is 0. The van der Waals surface area contributed by atoms with E-state index >= 15 is 0 Å². The molecule has 0 bridgehead atoms. The Balaban J connectivity index is -0.0000000800. The maximum absolute atomic E-state index is 8.52. The SMILES string of the molecule is O=S(=O)([O-])[O-].[As+3].[Cu+]. The van der Waals surface area contributed by atoms with Gasteiger partial charge in [0, 0.05) is 10.4 Å². The molecule has 7 heavy (non-hydrogen) atoms. The zero-order valence-electron chi connectivity index (χ0n) is 2.79. The third kappa shape index (κ3) is 189. The molecule has 0 saturated heterocycles. The molecule has 0 aliphatic carbocycles. The summed E-state index contributed by atoms with van der Waals surface area (Å²) in [4.78, 5) is 0. The fourth-order valence-corrected chi connectivity index (χ4v) is 0.